The number of ketones is 1. The van der Waals surface area contributed by atoms with Gasteiger partial charge < -0.3 is 20.4 Å². The summed E-state index contributed by atoms with van der Waals surface area (Å²) in [5.74, 6) is -2.90. The Morgan fingerprint density at radius 2 is 1.64 bits per heavy atom. The number of hydrogen-bond acceptors (Lipinski definition) is 4. The quantitative estimate of drug-likeness (QED) is 0.125. The van der Waals surface area contributed by atoms with E-state index in [0.29, 0.717) is 56.1 Å². The lowest BCUT2D eigenvalue weighted by Gasteiger charge is -2.46. The molecule has 3 aliphatic carbocycles. The van der Waals surface area contributed by atoms with Gasteiger partial charge in [-0.15, -0.1) is 0 Å². The van der Waals surface area contributed by atoms with Crippen molar-refractivity contribution in [3.05, 3.63) is 154 Å². The summed E-state index contributed by atoms with van der Waals surface area (Å²) in [5, 5.41) is 27.1. The third-order valence-corrected chi connectivity index (χ3v) is 11.7. The number of allylic oxidation sites excluding steroid dienone is 2. The lowest BCUT2D eigenvalue weighted by molar-refractivity contribution is -0.0781. The van der Waals surface area contributed by atoms with Gasteiger partial charge in [-0.25, -0.2) is 13.6 Å². The molecule has 0 aromatic heterocycles. The van der Waals surface area contributed by atoms with E-state index in [-0.39, 0.29) is 36.6 Å². The molecular formula is C45H50F2N2O4. The van der Waals surface area contributed by atoms with E-state index in [9.17, 15) is 28.6 Å². The maximum absolute atomic E-state index is 14.4. The minimum atomic E-state index is -1.35. The summed E-state index contributed by atoms with van der Waals surface area (Å²) in [7, 11) is 0. The summed E-state index contributed by atoms with van der Waals surface area (Å²) in [6.45, 7) is 6.41. The van der Waals surface area contributed by atoms with E-state index >= 15 is 0 Å². The molecule has 1 fully saturated rings. The third kappa shape index (κ3) is 8.45. The van der Waals surface area contributed by atoms with Crippen LogP contribution in [-0.4, -0.2) is 45.2 Å². The Kier molecular flexibility index (Phi) is 11.6. The molecule has 0 aliphatic heterocycles. The minimum Gasteiger partial charge on any atom is -0.393 e. The van der Waals surface area contributed by atoms with Crippen LogP contribution < -0.4 is 5.32 Å². The summed E-state index contributed by atoms with van der Waals surface area (Å²) in [5.41, 5.74) is 2.75. The number of carbonyl (C=O) groups excluding carboxylic acids is 2. The van der Waals surface area contributed by atoms with Crippen molar-refractivity contribution in [2.75, 3.05) is 6.54 Å². The van der Waals surface area contributed by atoms with Crippen molar-refractivity contribution in [3.8, 4) is 0 Å². The van der Waals surface area contributed by atoms with Gasteiger partial charge in [0.25, 0.3) is 0 Å². The summed E-state index contributed by atoms with van der Waals surface area (Å²) < 4.78 is 28.4. The number of nitrogens with one attached hydrogen (secondary N) is 1. The first-order valence-corrected chi connectivity index (χ1v) is 18.7. The summed E-state index contributed by atoms with van der Waals surface area (Å²) in [6, 6.07) is 27.7. The molecule has 4 aromatic rings. The zero-order valence-electron chi connectivity index (χ0n) is 30.8. The predicted octanol–water partition coefficient (Wildman–Crippen LogP) is 9.21. The van der Waals surface area contributed by atoms with Crippen LogP contribution >= 0.6 is 0 Å². The molecule has 1 saturated carbocycles. The molecular weight excluding hydrogens is 671 g/mol. The van der Waals surface area contributed by atoms with Gasteiger partial charge in [0, 0.05) is 23.1 Å². The number of benzene rings is 4. The smallest absolute Gasteiger partial charge is 0.318 e. The van der Waals surface area contributed by atoms with Crippen molar-refractivity contribution in [1.29, 1.82) is 0 Å². The number of carbonyl (C=O) groups is 2. The summed E-state index contributed by atoms with van der Waals surface area (Å²) in [6.07, 6.45) is 5.27. The maximum atomic E-state index is 14.4. The van der Waals surface area contributed by atoms with Crippen molar-refractivity contribution in [1.82, 2.24) is 10.2 Å². The Bertz CT molecular complexity index is 1950. The molecule has 0 radical (unpaired) electrons. The van der Waals surface area contributed by atoms with Gasteiger partial charge in [-0.05, 0) is 111 Å². The van der Waals surface area contributed by atoms with Crippen molar-refractivity contribution in [3.63, 3.8) is 0 Å². The zero-order chi connectivity index (χ0) is 37.8. The number of rotatable bonds is 8. The highest BCUT2D eigenvalue weighted by Gasteiger charge is 2.57. The molecule has 53 heavy (non-hydrogen) atoms. The Labute approximate surface area is 311 Å². The standard InChI is InChI=1S/C45H50F2N2O4/c1-30-11-10-23-44(3)39(37-20-17-33(25-36(50)19-16-30)26-38(37)42(51)35-18-21-40(46)41(47)27-35)22-24-45(44,53)29-49(28-32-12-6-4-7-13-32)43(52)48-31(2)34-14-8-5-9-15-34/h4-9,11-15,17-18,20-21,26-27,31,36,39,50,53H,10,16,19,22-25,28-29H2,1-3H3,(H,48,52)/t31-,36+,39+,44+,45-/m1/s1. The minimum absolute atomic E-state index is 0.0238. The monoisotopic (exact) mass is 720 g/mol. The van der Waals surface area contributed by atoms with Gasteiger partial charge >= 0.3 is 6.03 Å². The molecule has 0 spiro atoms. The molecule has 0 heterocycles. The fourth-order valence-electron chi connectivity index (χ4n) is 8.41. The average molecular weight is 721 g/mol. The summed E-state index contributed by atoms with van der Waals surface area (Å²) in [4.78, 5) is 30.1. The third-order valence-electron chi connectivity index (χ3n) is 11.7. The predicted molar refractivity (Wildman–Crippen MR) is 203 cm³/mol. The van der Waals surface area contributed by atoms with Crippen LogP contribution in [0.2, 0.25) is 0 Å². The molecule has 7 rings (SSSR count). The van der Waals surface area contributed by atoms with E-state index < -0.39 is 34.5 Å². The van der Waals surface area contributed by atoms with E-state index in [1.165, 1.54) is 6.07 Å². The second-order valence-electron chi connectivity index (χ2n) is 15.3. The van der Waals surface area contributed by atoms with Crippen molar-refractivity contribution < 1.29 is 28.6 Å². The molecule has 4 aromatic carbocycles. The second kappa shape index (κ2) is 16.1. The van der Waals surface area contributed by atoms with Crippen molar-refractivity contribution in [2.45, 2.75) is 95.9 Å². The molecule has 8 heteroatoms. The highest BCUT2D eigenvalue weighted by atomic mass is 19.2. The van der Waals surface area contributed by atoms with Crippen LogP contribution in [0.4, 0.5) is 13.6 Å². The first-order chi connectivity index (χ1) is 25.4. The maximum Gasteiger partial charge on any atom is 0.318 e. The van der Waals surface area contributed by atoms with Crippen LogP contribution in [0.1, 0.15) is 109 Å². The number of aliphatic hydroxyl groups is 2. The van der Waals surface area contributed by atoms with Gasteiger partial charge in [0.15, 0.2) is 17.4 Å². The van der Waals surface area contributed by atoms with Crippen LogP contribution in [0, 0.1) is 17.0 Å². The number of fused-ring (bicyclic) bond motifs is 8. The van der Waals surface area contributed by atoms with Crippen LogP contribution in [0.25, 0.3) is 0 Å². The van der Waals surface area contributed by atoms with E-state index in [2.05, 4.69) is 25.2 Å². The first-order valence-electron chi connectivity index (χ1n) is 18.7. The molecule has 278 valence electrons. The van der Waals surface area contributed by atoms with Gasteiger partial charge in [0.1, 0.15) is 0 Å². The number of amides is 2. The lowest BCUT2D eigenvalue weighted by atomic mass is 9.64. The highest BCUT2D eigenvalue weighted by Crippen LogP contribution is 2.59. The molecule has 0 saturated heterocycles. The molecule has 2 amide bonds. The number of hydrogen-bond donors (Lipinski definition) is 3. The molecule has 2 bridgehead atoms. The number of nitrogens with zero attached hydrogens (tertiary/aromatic N) is 1. The highest BCUT2D eigenvalue weighted by molar-refractivity contribution is 6.10. The van der Waals surface area contributed by atoms with Gasteiger partial charge in [0.2, 0.25) is 0 Å². The number of aliphatic hydroxyl groups excluding tert-OH is 1. The van der Waals surface area contributed by atoms with Crippen LogP contribution in [0.3, 0.4) is 0 Å². The average Bonchev–Trinajstić information content (AvgIpc) is 3.40. The number of halogens is 2. The Balaban J connectivity index is 1.41. The van der Waals surface area contributed by atoms with E-state index in [1.807, 2.05) is 79.7 Å². The second-order valence-corrected chi connectivity index (χ2v) is 15.3. The SMILES string of the molecule is CC1=CCC[C@@]2(C)[C@@H](CC[C@@]2(O)CN(Cc2ccccc2)C(=O)N[C@H](C)c2ccccc2)c2ccc(cc2C(=O)c2ccc(F)c(F)c2)C[C@@H](O)CC1. The first kappa shape index (κ1) is 38.1. The van der Waals surface area contributed by atoms with E-state index in [1.54, 1.807) is 11.0 Å². The molecule has 3 N–H and O–H groups in total. The van der Waals surface area contributed by atoms with Gasteiger partial charge in [0.05, 0.1) is 24.3 Å². The van der Waals surface area contributed by atoms with Crippen LogP contribution in [0.5, 0.6) is 0 Å². The molecule has 0 unspecified atom stereocenters. The Morgan fingerprint density at radius 1 is 0.925 bits per heavy atom. The number of urea groups is 1. The van der Waals surface area contributed by atoms with Gasteiger partial charge in [-0.1, -0.05) is 91.4 Å². The summed E-state index contributed by atoms with van der Waals surface area (Å²) >= 11 is 0. The fraction of sp³-hybridized carbons (Fsp3) is 0.378. The Hall–Kier alpha value is -4.66. The fourth-order valence-corrected chi connectivity index (χ4v) is 8.41. The van der Waals surface area contributed by atoms with Crippen LogP contribution in [0.15, 0.2) is 109 Å². The normalized spacial score (nSPS) is 23.7. The lowest BCUT2D eigenvalue weighted by Crippen LogP contribution is -2.55. The topological polar surface area (TPSA) is 89.9 Å². The molecule has 6 nitrogen and oxygen atoms in total. The largest absolute Gasteiger partial charge is 0.393 e. The van der Waals surface area contributed by atoms with Gasteiger partial charge in [-0.2, -0.15) is 0 Å². The van der Waals surface area contributed by atoms with E-state index in [4.69, 9.17) is 0 Å². The van der Waals surface area contributed by atoms with Crippen molar-refractivity contribution >= 4 is 11.8 Å². The van der Waals surface area contributed by atoms with E-state index in [0.717, 1.165) is 34.4 Å². The van der Waals surface area contributed by atoms with Crippen molar-refractivity contribution in [2.24, 2.45) is 5.41 Å². The zero-order valence-corrected chi connectivity index (χ0v) is 30.8. The Morgan fingerprint density at radius 3 is 2.36 bits per heavy atom. The van der Waals surface area contributed by atoms with Crippen LogP contribution in [-0.2, 0) is 13.0 Å². The molecule has 3 aliphatic rings. The molecule has 5 atom stereocenters. The van der Waals surface area contributed by atoms with Gasteiger partial charge in [-0.3, -0.25) is 4.79 Å².